The number of aliphatic hydroxyl groups excluding tert-OH is 1. The van der Waals surface area contributed by atoms with Crippen LogP contribution in [0.25, 0.3) is 5.76 Å². The van der Waals surface area contributed by atoms with Crippen molar-refractivity contribution in [2.24, 2.45) is 5.92 Å². The zero-order chi connectivity index (χ0) is 18.8. The SMILES string of the molecule is CC(C)CN1C(=O)C(=O)/C(=C(/O)c2ccc(Cl)cc2)C1c1cccnc1. The number of ketones is 1. The summed E-state index contributed by atoms with van der Waals surface area (Å²) in [6, 6.07) is 9.36. The molecule has 6 heteroatoms. The minimum Gasteiger partial charge on any atom is -0.507 e. The molecule has 1 aromatic carbocycles. The zero-order valence-corrected chi connectivity index (χ0v) is 15.3. The van der Waals surface area contributed by atoms with Gasteiger partial charge in [0, 0.05) is 29.5 Å². The average molecular weight is 371 g/mol. The molecule has 2 heterocycles. The highest BCUT2D eigenvalue weighted by Gasteiger charge is 2.46. The molecule has 0 saturated carbocycles. The van der Waals surface area contributed by atoms with Crippen molar-refractivity contribution >= 4 is 29.1 Å². The van der Waals surface area contributed by atoms with Gasteiger partial charge in [-0.1, -0.05) is 31.5 Å². The second kappa shape index (κ2) is 7.30. The smallest absolute Gasteiger partial charge is 0.295 e. The number of likely N-dealkylation sites (tertiary alicyclic amines) is 1. The number of hydrogen-bond acceptors (Lipinski definition) is 4. The molecule has 1 aliphatic rings. The van der Waals surface area contributed by atoms with Crippen LogP contribution >= 0.6 is 11.6 Å². The summed E-state index contributed by atoms with van der Waals surface area (Å²) in [7, 11) is 0. The molecule has 1 saturated heterocycles. The lowest BCUT2D eigenvalue weighted by Gasteiger charge is -2.26. The Morgan fingerprint density at radius 3 is 2.50 bits per heavy atom. The first kappa shape index (κ1) is 18.1. The summed E-state index contributed by atoms with van der Waals surface area (Å²) in [4.78, 5) is 30.9. The monoisotopic (exact) mass is 370 g/mol. The van der Waals surface area contributed by atoms with Crippen molar-refractivity contribution in [2.75, 3.05) is 6.54 Å². The molecule has 26 heavy (non-hydrogen) atoms. The number of amides is 1. The number of hydrogen-bond donors (Lipinski definition) is 1. The van der Waals surface area contributed by atoms with Crippen molar-refractivity contribution in [2.45, 2.75) is 19.9 Å². The number of rotatable bonds is 4. The lowest BCUT2D eigenvalue weighted by atomic mass is 9.96. The van der Waals surface area contributed by atoms with E-state index in [0.29, 0.717) is 22.7 Å². The number of aliphatic hydroxyl groups is 1. The van der Waals surface area contributed by atoms with Crippen LogP contribution in [0.3, 0.4) is 0 Å². The average Bonchev–Trinajstić information content (AvgIpc) is 2.87. The van der Waals surface area contributed by atoms with Crippen LogP contribution in [-0.4, -0.2) is 33.2 Å². The number of pyridine rings is 1. The highest BCUT2D eigenvalue weighted by Crippen LogP contribution is 2.39. The molecule has 2 aromatic rings. The van der Waals surface area contributed by atoms with Crippen LogP contribution in [0.2, 0.25) is 5.02 Å². The maximum atomic E-state index is 12.7. The lowest BCUT2D eigenvalue weighted by Crippen LogP contribution is -2.33. The summed E-state index contributed by atoms with van der Waals surface area (Å²) in [5.41, 5.74) is 1.19. The van der Waals surface area contributed by atoms with Gasteiger partial charge in [-0.25, -0.2) is 0 Å². The second-order valence-corrected chi connectivity index (χ2v) is 7.07. The van der Waals surface area contributed by atoms with E-state index in [9.17, 15) is 14.7 Å². The van der Waals surface area contributed by atoms with Gasteiger partial charge >= 0.3 is 0 Å². The van der Waals surface area contributed by atoms with Gasteiger partial charge < -0.3 is 10.0 Å². The van der Waals surface area contributed by atoms with Gasteiger partial charge in [0.15, 0.2) is 0 Å². The molecule has 0 spiro atoms. The van der Waals surface area contributed by atoms with E-state index in [4.69, 9.17) is 11.6 Å². The molecule has 3 rings (SSSR count). The number of halogens is 1. The first-order valence-corrected chi connectivity index (χ1v) is 8.72. The quantitative estimate of drug-likeness (QED) is 0.504. The first-order chi connectivity index (χ1) is 12.4. The van der Waals surface area contributed by atoms with Crippen molar-refractivity contribution in [1.82, 2.24) is 9.88 Å². The third-order valence-electron chi connectivity index (χ3n) is 4.22. The second-order valence-electron chi connectivity index (χ2n) is 6.64. The Kier molecular flexibility index (Phi) is 5.09. The van der Waals surface area contributed by atoms with E-state index < -0.39 is 17.7 Å². The fourth-order valence-corrected chi connectivity index (χ4v) is 3.24. The van der Waals surface area contributed by atoms with E-state index in [1.807, 2.05) is 13.8 Å². The Hall–Kier alpha value is -2.66. The number of carbonyl (C=O) groups excluding carboxylic acids is 2. The van der Waals surface area contributed by atoms with E-state index in [2.05, 4.69) is 4.98 Å². The third-order valence-corrected chi connectivity index (χ3v) is 4.47. The van der Waals surface area contributed by atoms with Crippen LogP contribution in [0.5, 0.6) is 0 Å². The normalized spacial score (nSPS) is 19.4. The van der Waals surface area contributed by atoms with Crippen LogP contribution in [0.1, 0.15) is 31.0 Å². The van der Waals surface area contributed by atoms with Gasteiger partial charge in [0.05, 0.1) is 11.6 Å². The Bertz CT molecular complexity index is 860. The van der Waals surface area contributed by atoms with Gasteiger partial charge in [0.1, 0.15) is 5.76 Å². The Balaban J connectivity index is 2.17. The van der Waals surface area contributed by atoms with E-state index in [1.165, 1.54) is 4.90 Å². The van der Waals surface area contributed by atoms with Crippen LogP contribution in [-0.2, 0) is 9.59 Å². The number of nitrogens with zero attached hydrogens (tertiary/aromatic N) is 2. The summed E-state index contributed by atoms with van der Waals surface area (Å²) in [5.74, 6) is -1.34. The lowest BCUT2D eigenvalue weighted by molar-refractivity contribution is -0.140. The Morgan fingerprint density at radius 2 is 1.92 bits per heavy atom. The van der Waals surface area contributed by atoms with Gasteiger partial charge in [0.25, 0.3) is 11.7 Å². The van der Waals surface area contributed by atoms with Gasteiger partial charge in [0.2, 0.25) is 0 Å². The molecule has 1 fully saturated rings. The van der Waals surface area contributed by atoms with Crippen molar-refractivity contribution in [1.29, 1.82) is 0 Å². The molecule has 134 valence electrons. The van der Waals surface area contributed by atoms with Gasteiger partial charge in [-0.05, 0) is 41.8 Å². The maximum Gasteiger partial charge on any atom is 0.295 e. The summed E-state index contributed by atoms with van der Waals surface area (Å²) >= 11 is 5.90. The van der Waals surface area contributed by atoms with Crippen molar-refractivity contribution in [3.05, 3.63) is 70.5 Å². The highest BCUT2D eigenvalue weighted by molar-refractivity contribution is 6.46. The zero-order valence-electron chi connectivity index (χ0n) is 14.5. The molecule has 1 amide bonds. The topological polar surface area (TPSA) is 70.5 Å². The van der Waals surface area contributed by atoms with Crippen molar-refractivity contribution < 1.29 is 14.7 Å². The summed E-state index contributed by atoms with van der Waals surface area (Å²) in [6.07, 6.45) is 3.23. The van der Waals surface area contributed by atoms with Crippen molar-refractivity contribution in [3.63, 3.8) is 0 Å². The third kappa shape index (κ3) is 3.35. The minimum absolute atomic E-state index is 0.0750. The summed E-state index contributed by atoms with van der Waals surface area (Å²) < 4.78 is 0. The highest BCUT2D eigenvalue weighted by atomic mass is 35.5. The summed E-state index contributed by atoms with van der Waals surface area (Å²) in [6.45, 7) is 4.35. The number of benzene rings is 1. The van der Waals surface area contributed by atoms with E-state index in [-0.39, 0.29) is 17.3 Å². The summed E-state index contributed by atoms with van der Waals surface area (Å²) in [5, 5.41) is 11.3. The van der Waals surface area contributed by atoms with Crippen LogP contribution in [0, 0.1) is 5.92 Å². The molecule has 1 atom stereocenters. The molecule has 5 nitrogen and oxygen atoms in total. The number of carbonyl (C=O) groups is 2. The molecule has 1 unspecified atom stereocenters. The van der Waals surface area contributed by atoms with Crippen LogP contribution in [0.15, 0.2) is 54.4 Å². The molecular weight excluding hydrogens is 352 g/mol. The molecule has 1 N–H and O–H groups in total. The fraction of sp³-hybridized carbons (Fsp3) is 0.250. The predicted molar refractivity (Wildman–Crippen MR) is 99.5 cm³/mol. The molecule has 0 aliphatic carbocycles. The Labute approximate surface area is 156 Å². The van der Waals surface area contributed by atoms with Gasteiger partial charge in [-0.2, -0.15) is 0 Å². The molecule has 0 radical (unpaired) electrons. The standard InChI is InChI=1S/C20H19ClN2O3/c1-12(2)11-23-17(14-4-3-9-22-10-14)16(19(25)20(23)26)18(24)13-5-7-15(21)8-6-13/h3-10,12,17,24H,11H2,1-2H3/b18-16+. The predicted octanol–water partition coefficient (Wildman–Crippen LogP) is 3.81. The van der Waals surface area contributed by atoms with Crippen LogP contribution in [0.4, 0.5) is 0 Å². The van der Waals surface area contributed by atoms with E-state index >= 15 is 0 Å². The maximum absolute atomic E-state index is 12.7. The molecule has 1 aromatic heterocycles. The Morgan fingerprint density at radius 1 is 1.23 bits per heavy atom. The first-order valence-electron chi connectivity index (χ1n) is 8.34. The number of Topliss-reactive ketones (excluding diaryl/α,β-unsaturated/α-hetero) is 1. The van der Waals surface area contributed by atoms with Gasteiger partial charge in [-0.3, -0.25) is 14.6 Å². The van der Waals surface area contributed by atoms with Crippen LogP contribution < -0.4 is 0 Å². The van der Waals surface area contributed by atoms with Crippen molar-refractivity contribution in [3.8, 4) is 0 Å². The molecule has 1 aliphatic heterocycles. The van der Waals surface area contributed by atoms with E-state index in [0.717, 1.165) is 0 Å². The molecule has 0 bridgehead atoms. The van der Waals surface area contributed by atoms with E-state index in [1.54, 1.807) is 48.8 Å². The fourth-order valence-electron chi connectivity index (χ4n) is 3.11. The minimum atomic E-state index is -0.688. The molecular formula is C20H19ClN2O3. The van der Waals surface area contributed by atoms with Gasteiger partial charge in [-0.15, -0.1) is 0 Å². The number of aromatic nitrogens is 1. The largest absolute Gasteiger partial charge is 0.507 e.